The monoisotopic (exact) mass is 427 g/mol. The van der Waals surface area contributed by atoms with Crippen LogP contribution in [0.15, 0.2) is 42.5 Å². The van der Waals surface area contributed by atoms with Gasteiger partial charge >= 0.3 is 0 Å². The molecule has 1 aliphatic heterocycles. The van der Waals surface area contributed by atoms with Crippen molar-refractivity contribution in [2.75, 3.05) is 43.6 Å². The van der Waals surface area contributed by atoms with Gasteiger partial charge in [-0.1, -0.05) is 31.4 Å². The van der Waals surface area contributed by atoms with Crippen LogP contribution in [0.2, 0.25) is 0 Å². The summed E-state index contributed by atoms with van der Waals surface area (Å²) in [5.74, 6) is -0.213. The molecule has 0 bridgehead atoms. The highest BCUT2D eigenvalue weighted by atomic mass is 19.1. The molecule has 0 fully saturated rings. The Morgan fingerprint density at radius 1 is 1.10 bits per heavy atom. The summed E-state index contributed by atoms with van der Waals surface area (Å²) < 4.78 is 18.2. The van der Waals surface area contributed by atoms with Crippen LogP contribution in [0.1, 0.15) is 43.2 Å². The maximum Gasteiger partial charge on any atom is 0.252 e. The van der Waals surface area contributed by atoms with E-state index < -0.39 is 0 Å². The summed E-state index contributed by atoms with van der Waals surface area (Å²) >= 11 is 0. The normalized spacial score (nSPS) is 15.5. The number of hydrogen-bond donors (Lipinski definition) is 2. The molecule has 2 aromatic rings. The number of amides is 1. The van der Waals surface area contributed by atoms with E-state index in [9.17, 15) is 9.18 Å². The lowest BCUT2D eigenvalue weighted by atomic mass is 10.1. The van der Waals surface area contributed by atoms with E-state index >= 15 is 0 Å². The molecule has 1 heterocycles. The highest BCUT2D eigenvalue weighted by Gasteiger charge is 2.19. The standard InChI is InChI=1S/C25H34FN3O2/c1-31-19-25(30)29-16-6-4-2-3-5-14-27-18-21-17-23(11-12-24(21)29)28-15-13-20-7-9-22(26)10-8-20/h7-12,17,27-28H,2-6,13-16,18-19H2,1H3. The van der Waals surface area contributed by atoms with Crippen LogP contribution >= 0.6 is 0 Å². The molecule has 1 amide bonds. The number of rotatable bonds is 6. The summed E-state index contributed by atoms with van der Waals surface area (Å²) in [6.07, 6.45) is 6.55. The van der Waals surface area contributed by atoms with Gasteiger partial charge in [-0.05, 0) is 67.3 Å². The fraction of sp³-hybridized carbons (Fsp3) is 0.480. The molecule has 0 atom stereocenters. The van der Waals surface area contributed by atoms with Gasteiger partial charge in [-0.15, -0.1) is 0 Å². The van der Waals surface area contributed by atoms with Gasteiger partial charge in [0.25, 0.3) is 5.91 Å². The second-order valence-electron chi connectivity index (χ2n) is 8.07. The van der Waals surface area contributed by atoms with E-state index in [0.29, 0.717) is 6.54 Å². The fourth-order valence-electron chi connectivity index (χ4n) is 3.96. The minimum Gasteiger partial charge on any atom is -0.385 e. The number of carbonyl (C=O) groups is 1. The molecule has 2 N–H and O–H groups in total. The number of benzene rings is 2. The van der Waals surface area contributed by atoms with Crippen molar-refractivity contribution in [1.82, 2.24) is 5.32 Å². The number of halogens is 1. The molecule has 168 valence electrons. The first kappa shape index (κ1) is 23.2. The summed E-state index contributed by atoms with van der Waals surface area (Å²) in [5.41, 5.74) is 4.18. The molecule has 0 saturated heterocycles. The minimum absolute atomic E-state index is 0.00201. The third-order valence-electron chi connectivity index (χ3n) is 5.65. The van der Waals surface area contributed by atoms with Gasteiger partial charge < -0.3 is 20.3 Å². The van der Waals surface area contributed by atoms with Gasteiger partial charge in [0.15, 0.2) is 0 Å². The number of carbonyl (C=O) groups excluding carboxylic acids is 1. The molecule has 2 aromatic carbocycles. The van der Waals surface area contributed by atoms with Crippen molar-refractivity contribution in [3.63, 3.8) is 0 Å². The van der Waals surface area contributed by atoms with Crippen molar-refractivity contribution in [2.45, 2.75) is 45.1 Å². The first-order valence-electron chi connectivity index (χ1n) is 11.3. The second kappa shape index (κ2) is 12.4. The molecule has 0 saturated carbocycles. The molecular weight excluding hydrogens is 393 g/mol. The fourth-order valence-corrected chi connectivity index (χ4v) is 3.96. The maximum atomic E-state index is 13.1. The van der Waals surface area contributed by atoms with Gasteiger partial charge in [0.2, 0.25) is 0 Å². The van der Waals surface area contributed by atoms with Crippen LogP contribution in [-0.2, 0) is 22.5 Å². The van der Waals surface area contributed by atoms with Gasteiger partial charge in [-0.3, -0.25) is 4.79 Å². The summed E-state index contributed by atoms with van der Waals surface area (Å²) in [5, 5.41) is 7.00. The SMILES string of the molecule is COCC(=O)N1CCCCCCCNCc2cc(NCCc3ccc(F)cc3)ccc21. The van der Waals surface area contributed by atoms with Crippen molar-refractivity contribution in [2.24, 2.45) is 0 Å². The summed E-state index contributed by atoms with van der Waals surface area (Å²) in [6, 6.07) is 12.8. The van der Waals surface area contributed by atoms with Crippen LogP contribution in [0.25, 0.3) is 0 Å². The van der Waals surface area contributed by atoms with E-state index in [1.54, 1.807) is 7.11 Å². The summed E-state index contributed by atoms with van der Waals surface area (Å²) in [6.45, 7) is 3.26. The molecule has 6 heteroatoms. The Morgan fingerprint density at radius 3 is 2.68 bits per heavy atom. The number of anilines is 2. The Hall–Kier alpha value is -2.44. The highest BCUT2D eigenvalue weighted by molar-refractivity contribution is 5.95. The third-order valence-corrected chi connectivity index (χ3v) is 5.65. The molecule has 0 unspecified atom stereocenters. The largest absolute Gasteiger partial charge is 0.385 e. The van der Waals surface area contributed by atoms with E-state index in [0.717, 1.165) is 61.4 Å². The molecule has 1 aliphatic rings. The maximum absolute atomic E-state index is 13.1. The third kappa shape index (κ3) is 7.33. The second-order valence-corrected chi connectivity index (χ2v) is 8.07. The topological polar surface area (TPSA) is 53.6 Å². The molecule has 0 spiro atoms. The number of methoxy groups -OCH3 is 1. The van der Waals surface area contributed by atoms with E-state index in [-0.39, 0.29) is 18.3 Å². The number of nitrogens with one attached hydrogen (secondary N) is 2. The molecule has 31 heavy (non-hydrogen) atoms. The van der Waals surface area contributed by atoms with E-state index in [2.05, 4.69) is 16.7 Å². The summed E-state index contributed by atoms with van der Waals surface area (Å²) in [4.78, 5) is 14.6. The number of hydrogen-bond acceptors (Lipinski definition) is 4. The van der Waals surface area contributed by atoms with Crippen molar-refractivity contribution >= 4 is 17.3 Å². The lowest BCUT2D eigenvalue weighted by Crippen LogP contribution is -2.36. The zero-order valence-corrected chi connectivity index (χ0v) is 18.5. The average Bonchev–Trinajstić information content (AvgIpc) is 2.76. The van der Waals surface area contributed by atoms with Crippen molar-refractivity contribution in [3.05, 3.63) is 59.4 Å². The predicted octanol–water partition coefficient (Wildman–Crippen LogP) is 4.51. The van der Waals surface area contributed by atoms with Gasteiger partial charge in [0.1, 0.15) is 12.4 Å². The van der Waals surface area contributed by atoms with Gasteiger partial charge in [0, 0.05) is 38.1 Å². The van der Waals surface area contributed by atoms with Crippen LogP contribution in [0.4, 0.5) is 15.8 Å². The molecule has 3 rings (SSSR count). The van der Waals surface area contributed by atoms with E-state index in [1.807, 2.05) is 29.2 Å². The first-order valence-corrected chi connectivity index (χ1v) is 11.3. The molecule has 0 radical (unpaired) electrons. The molecule has 0 aliphatic carbocycles. The molecular formula is C25H34FN3O2. The lowest BCUT2D eigenvalue weighted by Gasteiger charge is -2.26. The Morgan fingerprint density at radius 2 is 1.87 bits per heavy atom. The van der Waals surface area contributed by atoms with Crippen LogP contribution in [0.3, 0.4) is 0 Å². The first-order chi connectivity index (χ1) is 15.2. The van der Waals surface area contributed by atoms with Crippen molar-refractivity contribution < 1.29 is 13.9 Å². The van der Waals surface area contributed by atoms with E-state index in [4.69, 9.17) is 4.74 Å². The van der Waals surface area contributed by atoms with Gasteiger partial charge in [-0.25, -0.2) is 4.39 Å². The number of nitrogens with zero attached hydrogens (tertiary/aromatic N) is 1. The predicted molar refractivity (Wildman–Crippen MR) is 124 cm³/mol. The van der Waals surface area contributed by atoms with Crippen molar-refractivity contribution in [1.29, 1.82) is 0 Å². The van der Waals surface area contributed by atoms with Crippen LogP contribution < -0.4 is 15.5 Å². The van der Waals surface area contributed by atoms with Crippen LogP contribution in [-0.4, -0.2) is 39.3 Å². The minimum atomic E-state index is -0.211. The lowest BCUT2D eigenvalue weighted by molar-refractivity contribution is -0.122. The Kier molecular flexibility index (Phi) is 9.31. The average molecular weight is 428 g/mol. The van der Waals surface area contributed by atoms with E-state index in [1.165, 1.54) is 31.4 Å². The number of fused-ring (bicyclic) bond motifs is 1. The quantitative estimate of drug-likeness (QED) is 0.712. The Labute approximate surface area is 185 Å². The number of ether oxygens (including phenoxy) is 1. The van der Waals surface area contributed by atoms with Crippen LogP contribution in [0, 0.1) is 5.82 Å². The highest BCUT2D eigenvalue weighted by Crippen LogP contribution is 2.26. The zero-order valence-electron chi connectivity index (χ0n) is 18.5. The van der Waals surface area contributed by atoms with Gasteiger partial charge in [0.05, 0.1) is 0 Å². The molecule has 0 aromatic heterocycles. The van der Waals surface area contributed by atoms with Crippen LogP contribution in [0.5, 0.6) is 0 Å². The Bertz CT molecular complexity index is 826. The molecule has 5 nitrogen and oxygen atoms in total. The zero-order chi connectivity index (χ0) is 21.9. The Balaban J connectivity index is 1.73. The summed E-state index contributed by atoms with van der Waals surface area (Å²) in [7, 11) is 1.56. The van der Waals surface area contributed by atoms with Crippen molar-refractivity contribution in [3.8, 4) is 0 Å². The van der Waals surface area contributed by atoms with Gasteiger partial charge in [-0.2, -0.15) is 0 Å². The smallest absolute Gasteiger partial charge is 0.252 e.